The lowest BCUT2D eigenvalue weighted by Gasteiger charge is -2.26. The van der Waals surface area contributed by atoms with Gasteiger partial charge in [-0.3, -0.25) is 4.79 Å². The number of benzene rings is 2. The number of nitrogens with zero attached hydrogens (tertiary/aromatic N) is 1. The number of ether oxygens (including phenoxy) is 1. The predicted molar refractivity (Wildman–Crippen MR) is 108 cm³/mol. The SMILES string of the molecule is O=C(CCc1ccc(S(=O)(=O)N2CCOCC2)cc1)NCc1ccc(C(F)(F)F)cc1. The molecule has 1 amide bonds. The van der Waals surface area contributed by atoms with Gasteiger partial charge in [-0.2, -0.15) is 17.5 Å². The van der Waals surface area contributed by atoms with Crippen molar-refractivity contribution >= 4 is 15.9 Å². The van der Waals surface area contributed by atoms with E-state index in [1.54, 1.807) is 12.1 Å². The number of carbonyl (C=O) groups is 1. The molecule has 2 aromatic carbocycles. The van der Waals surface area contributed by atoms with Gasteiger partial charge in [0.15, 0.2) is 0 Å². The van der Waals surface area contributed by atoms with Gasteiger partial charge in [0.2, 0.25) is 15.9 Å². The number of halogens is 3. The topological polar surface area (TPSA) is 75.7 Å². The summed E-state index contributed by atoms with van der Waals surface area (Å²) in [6.07, 6.45) is -3.80. The number of hydrogen-bond acceptors (Lipinski definition) is 4. The van der Waals surface area contributed by atoms with Crippen molar-refractivity contribution in [1.82, 2.24) is 9.62 Å². The number of nitrogens with one attached hydrogen (secondary N) is 1. The van der Waals surface area contributed by atoms with Crippen molar-refractivity contribution in [2.24, 2.45) is 0 Å². The molecule has 168 valence electrons. The molecule has 0 spiro atoms. The van der Waals surface area contributed by atoms with Gasteiger partial charge in [-0.15, -0.1) is 0 Å². The minimum Gasteiger partial charge on any atom is -0.379 e. The van der Waals surface area contributed by atoms with E-state index in [0.29, 0.717) is 38.3 Å². The van der Waals surface area contributed by atoms with E-state index < -0.39 is 21.8 Å². The van der Waals surface area contributed by atoms with Gasteiger partial charge < -0.3 is 10.1 Å². The quantitative estimate of drug-likeness (QED) is 0.695. The van der Waals surface area contributed by atoms with E-state index in [2.05, 4.69) is 5.32 Å². The first-order chi connectivity index (χ1) is 14.7. The molecule has 1 aliphatic rings. The number of rotatable bonds is 7. The number of sulfonamides is 1. The monoisotopic (exact) mass is 456 g/mol. The Morgan fingerprint density at radius 2 is 1.55 bits per heavy atom. The summed E-state index contributed by atoms with van der Waals surface area (Å²) in [6, 6.07) is 11.0. The van der Waals surface area contributed by atoms with E-state index in [4.69, 9.17) is 4.74 Å². The molecule has 0 unspecified atom stereocenters. The van der Waals surface area contributed by atoms with Crippen LogP contribution in [-0.4, -0.2) is 44.9 Å². The summed E-state index contributed by atoms with van der Waals surface area (Å²) in [6.45, 7) is 1.53. The van der Waals surface area contributed by atoms with Crippen LogP contribution in [0.5, 0.6) is 0 Å². The fourth-order valence-electron chi connectivity index (χ4n) is 3.12. The first kappa shape index (κ1) is 23.2. The van der Waals surface area contributed by atoms with E-state index in [1.807, 2.05) is 0 Å². The zero-order valence-electron chi connectivity index (χ0n) is 16.7. The van der Waals surface area contributed by atoms with Crippen LogP contribution >= 0.6 is 0 Å². The van der Waals surface area contributed by atoms with Crippen molar-refractivity contribution < 1.29 is 31.1 Å². The number of alkyl halides is 3. The predicted octanol–water partition coefficient (Wildman–Crippen LogP) is 2.98. The smallest absolute Gasteiger partial charge is 0.379 e. The maximum atomic E-state index is 12.6. The summed E-state index contributed by atoms with van der Waals surface area (Å²) in [4.78, 5) is 12.2. The van der Waals surface area contributed by atoms with Gasteiger partial charge in [0, 0.05) is 26.1 Å². The lowest BCUT2D eigenvalue weighted by atomic mass is 10.1. The summed E-state index contributed by atoms with van der Waals surface area (Å²) in [5.74, 6) is -0.245. The maximum Gasteiger partial charge on any atom is 0.416 e. The summed E-state index contributed by atoms with van der Waals surface area (Å²) in [5, 5.41) is 2.67. The number of carbonyl (C=O) groups excluding carboxylic acids is 1. The number of aryl methyl sites for hydroxylation is 1. The molecule has 2 aromatic rings. The highest BCUT2D eigenvalue weighted by Gasteiger charge is 2.30. The van der Waals surface area contributed by atoms with E-state index in [9.17, 15) is 26.4 Å². The third kappa shape index (κ3) is 6.28. The minimum atomic E-state index is -4.39. The van der Waals surface area contributed by atoms with Crippen LogP contribution in [0.3, 0.4) is 0 Å². The fourth-order valence-corrected chi connectivity index (χ4v) is 4.53. The third-order valence-electron chi connectivity index (χ3n) is 4.94. The van der Waals surface area contributed by atoms with Crippen molar-refractivity contribution in [1.29, 1.82) is 0 Å². The lowest BCUT2D eigenvalue weighted by molar-refractivity contribution is -0.137. The maximum absolute atomic E-state index is 12.6. The Morgan fingerprint density at radius 1 is 0.968 bits per heavy atom. The van der Waals surface area contributed by atoms with Crippen molar-refractivity contribution in [3.05, 3.63) is 65.2 Å². The highest BCUT2D eigenvalue weighted by Crippen LogP contribution is 2.29. The van der Waals surface area contributed by atoms with Crippen LogP contribution in [0.4, 0.5) is 13.2 Å². The fraction of sp³-hybridized carbons (Fsp3) is 0.381. The van der Waals surface area contributed by atoms with E-state index in [1.165, 1.54) is 28.6 Å². The van der Waals surface area contributed by atoms with Gasteiger partial charge in [-0.05, 0) is 41.8 Å². The van der Waals surface area contributed by atoms with Gasteiger partial charge >= 0.3 is 6.18 Å². The van der Waals surface area contributed by atoms with E-state index >= 15 is 0 Å². The standard InChI is InChI=1S/C21H23F3N2O4S/c22-21(23,24)18-6-1-17(2-7-18)15-25-20(27)10-5-16-3-8-19(9-4-16)31(28,29)26-11-13-30-14-12-26/h1-4,6-9H,5,10-15H2,(H,25,27). The second kappa shape index (κ2) is 9.80. The van der Waals surface area contributed by atoms with Crippen molar-refractivity contribution in [3.63, 3.8) is 0 Å². The minimum absolute atomic E-state index is 0.133. The molecular formula is C21H23F3N2O4S. The highest BCUT2D eigenvalue weighted by molar-refractivity contribution is 7.89. The van der Waals surface area contributed by atoms with Crippen LogP contribution in [0.25, 0.3) is 0 Å². The van der Waals surface area contributed by atoms with Crippen molar-refractivity contribution in [2.45, 2.75) is 30.5 Å². The van der Waals surface area contributed by atoms with Crippen LogP contribution in [0.1, 0.15) is 23.1 Å². The van der Waals surface area contributed by atoms with Gasteiger partial charge in [0.1, 0.15) is 0 Å². The summed E-state index contributed by atoms with van der Waals surface area (Å²) in [7, 11) is -3.56. The number of hydrogen-bond donors (Lipinski definition) is 1. The molecule has 0 aliphatic carbocycles. The molecule has 1 fully saturated rings. The Hall–Kier alpha value is -2.43. The first-order valence-corrected chi connectivity index (χ1v) is 11.2. The molecule has 1 heterocycles. The largest absolute Gasteiger partial charge is 0.416 e. The normalized spacial score (nSPS) is 15.6. The van der Waals surface area contributed by atoms with E-state index in [-0.39, 0.29) is 23.8 Å². The average Bonchev–Trinajstić information content (AvgIpc) is 2.77. The van der Waals surface area contributed by atoms with Crippen molar-refractivity contribution in [2.75, 3.05) is 26.3 Å². The van der Waals surface area contributed by atoms with Gasteiger partial charge in [0.25, 0.3) is 0 Å². The Bertz CT molecular complexity index is 985. The molecule has 0 aromatic heterocycles. The Kier molecular flexibility index (Phi) is 7.34. The number of morpholine rings is 1. The molecule has 0 radical (unpaired) electrons. The van der Waals surface area contributed by atoms with Gasteiger partial charge in [-0.1, -0.05) is 24.3 Å². The average molecular weight is 456 g/mol. The summed E-state index contributed by atoms with van der Waals surface area (Å²) in [5.41, 5.74) is 0.645. The van der Waals surface area contributed by atoms with Crippen LogP contribution < -0.4 is 5.32 Å². The molecular weight excluding hydrogens is 433 g/mol. The number of amides is 1. The zero-order chi connectivity index (χ0) is 22.5. The molecule has 31 heavy (non-hydrogen) atoms. The van der Waals surface area contributed by atoms with Crippen LogP contribution in [0.15, 0.2) is 53.4 Å². The van der Waals surface area contributed by atoms with Crippen LogP contribution in [0, 0.1) is 0 Å². The molecule has 6 nitrogen and oxygen atoms in total. The van der Waals surface area contributed by atoms with Crippen molar-refractivity contribution in [3.8, 4) is 0 Å². The second-order valence-corrected chi connectivity index (χ2v) is 9.07. The Labute approximate surface area is 179 Å². The molecule has 0 atom stereocenters. The second-order valence-electron chi connectivity index (χ2n) is 7.13. The molecule has 3 rings (SSSR count). The third-order valence-corrected chi connectivity index (χ3v) is 6.86. The molecule has 1 saturated heterocycles. The van der Waals surface area contributed by atoms with Gasteiger partial charge in [0.05, 0.1) is 23.7 Å². The highest BCUT2D eigenvalue weighted by atomic mass is 32.2. The first-order valence-electron chi connectivity index (χ1n) is 9.76. The lowest BCUT2D eigenvalue weighted by Crippen LogP contribution is -2.40. The summed E-state index contributed by atoms with van der Waals surface area (Å²) < 4.78 is 69.5. The Morgan fingerprint density at radius 3 is 2.13 bits per heavy atom. The molecule has 1 aliphatic heterocycles. The molecule has 10 heteroatoms. The molecule has 0 bridgehead atoms. The van der Waals surface area contributed by atoms with Gasteiger partial charge in [-0.25, -0.2) is 8.42 Å². The van der Waals surface area contributed by atoms with Crippen LogP contribution in [0.2, 0.25) is 0 Å². The van der Waals surface area contributed by atoms with Crippen LogP contribution in [-0.2, 0) is 38.7 Å². The molecule has 0 saturated carbocycles. The Balaban J connectivity index is 1.48. The van der Waals surface area contributed by atoms with E-state index in [0.717, 1.165) is 17.7 Å². The molecule has 1 N–H and O–H groups in total. The zero-order valence-corrected chi connectivity index (χ0v) is 17.5. The summed E-state index contributed by atoms with van der Waals surface area (Å²) >= 11 is 0.